The minimum atomic E-state index is 0.467. The fourth-order valence-corrected chi connectivity index (χ4v) is 2.50. The van der Waals surface area contributed by atoms with Crippen LogP contribution in [0.25, 0.3) is 0 Å². The quantitative estimate of drug-likeness (QED) is 0.870. The molecular weight excluding hydrogens is 222 g/mol. The number of likely N-dealkylation sites (N-methyl/N-ethyl adjacent to an activating group) is 1. The van der Waals surface area contributed by atoms with Crippen molar-refractivity contribution in [2.75, 3.05) is 46.3 Å². The molecule has 0 saturated carbocycles. The third-order valence-electron chi connectivity index (χ3n) is 3.91. The van der Waals surface area contributed by atoms with Gasteiger partial charge >= 0.3 is 0 Å². The normalized spacial score (nSPS) is 19.9. The summed E-state index contributed by atoms with van der Waals surface area (Å²) < 4.78 is 0. The molecule has 1 aromatic carbocycles. The second-order valence-electron chi connectivity index (χ2n) is 5.45. The van der Waals surface area contributed by atoms with Crippen LogP contribution in [0.1, 0.15) is 17.0 Å². The van der Waals surface area contributed by atoms with Crippen molar-refractivity contribution < 1.29 is 0 Å². The maximum Gasteiger partial charge on any atom is 0.0110 e. The monoisotopic (exact) mass is 247 g/mol. The van der Waals surface area contributed by atoms with Crippen LogP contribution >= 0.6 is 0 Å². The van der Waals surface area contributed by atoms with Crippen LogP contribution in [0.4, 0.5) is 0 Å². The molecule has 0 spiro atoms. The number of rotatable bonds is 4. The van der Waals surface area contributed by atoms with Gasteiger partial charge in [-0.05, 0) is 19.5 Å². The zero-order valence-corrected chi connectivity index (χ0v) is 11.6. The lowest BCUT2D eigenvalue weighted by Gasteiger charge is -2.34. The van der Waals surface area contributed by atoms with Gasteiger partial charge in [-0.15, -0.1) is 0 Å². The van der Waals surface area contributed by atoms with E-state index in [1.807, 2.05) is 0 Å². The maximum absolute atomic E-state index is 5.95. The molecule has 0 bridgehead atoms. The van der Waals surface area contributed by atoms with Gasteiger partial charge in [0.2, 0.25) is 0 Å². The number of hydrogen-bond donors (Lipinski definition) is 1. The predicted octanol–water partition coefficient (Wildman–Crippen LogP) is 1.28. The van der Waals surface area contributed by atoms with Gasteiger partial charge in [-0.1, -0.05) is 29.8 Å². The molecule has 18 heavy (non-hydrogen) atoms. The Morgan fingerprint density at radius 3 is 2.28 bits per heavy atom. The number of nitrogens with zero attached hydrogens (tertiary/aromatic N) is 2. The Bertz CT molecular complexity index is 353. The largest absolute Gasteiger partial charge is 0.330 e. The van der Waals surface area contributed by atoms with Crippen molar-refractivity contribution in [2.24, 2.45) is 5.73 Å². The third kappa shape index (κ3) is 3.55. The first kappa shape index (κ1) is 13.5. The van der Waals surface area contributed by atoms with E-state index in [9.17, 15) is 0 Å². The summed E-state index contributed by atoms with van der Waals surface area (Å²) in [5.74, 6) is 0.467. The zero-order chi connectivity index (χ0) is 13.0. The summed E-state index contributed by atoms with van der Waals surface area (Å²) in [5.41, 5.74) is 8.64. The van der Waals surface area contributed by atoms with Crippen molar-refractivity contribution in [2.45, 2.75) is 12.8 Å². The van der Waals surface area contributed by atoms with Crippen LogP contribution in [0.15, 0.2) is 24.3 Å². The second-order valence-corrected chi connectivity index (χ2v) is 5.45. The van der Waals surface area contributed by atoms with E-state index in [0.717, 1.165) is 13.1 Å². The number of aryl methyl sites for hydroxylation is 1. The summed E-state index contributed by atoms with van der Waals surface area (Å²) in [7, 11) is 2.19. The highest BCUT2D eigenvalue weighted by molar-refractivity contribution is 5.25. The highest BCUT2D eigenvalue weighted by Gasteiger charge is 2.18. The number of hydrogen-bond acceptors (Lipinski definition) is 3. The molecule has 100 valence electrons. The fourth-order valence-electron chi connectivity index (χ4n) is 2.50. The van der Waals surface area contributed by atoms with E-state index in [0.29, 0.717) is 5.92 Å². The Labute approximate surface area is 111 Å². The van der Waals surface area contributed by atoms with Crippen molar-refractivity contribution in [3.05, 3.63) is 35.4 Å². The molecule has 0 aliphatic carbocycles. The summed E-state index contributed by atoms with van der Waals surface area (Å²) in [6.45, 7) is 8.62. The second kappa shape index (κ2) is 6.32. The molecule has 3 nitrogen and oxygen atoms in total. The molecule has 0 radical (unpaired) electrons. The van der Waals surface area contributed by atoms with Gasteiger partial charge in [0.25, 0.3) is 0 Å². The Morgan fingerprint density at radius 2 is 1.72 bits per heavy atom. The fraction of sp³-hybridized carbons (Fsp3) is 0.600. The van der Waals surface area contributed by atoms with E-state index >= 15 is 0 Å². The van der Waals surface area contributed by atoms with Crippen LogP contribution in [0, 0.1) is 6.92 Å². The zero-order valence-electron chi connectivity index (χ0n) is 11.6. The average molecular weight is 247 g/mol. The summed E-state index contributed by atoms with van der Waals surface area (Å²) >= 11 is 0. The van der Waals surface area contributed by atoms with Crippen LogP contribution in [0.2, 0.25) is 0 Å². The van der Waals surface area contributed by atoms with E-state index in [4.69, 9.17) is 5.73 Å². The Balaban J connectivity index is 1.94. The third-order valence-corrected chi connectivity index (χ3v) is 3.91. The molecule has 3 heteroatoms. The minimum absolute atomic E-state index is 0.467. The molecule has 1 unspecified atom stereocenters. The first-order valence-electron chi connectivity index (χ1n) is 6.86. The molecule has 2 N–H and O–H groups in total. The van der Waals surface area contributed by atoms with Crippen molar-refractivity contribution >= 4 is 0 Å². The summed E-state index contributed by atoms with van der Waals surface area (Å²) in [6.07, 6.45) is 0. The molecule has 1 aromatic rings. The van der Waals surface area contributed by atoms with E-state index in [2.05, 4.69) is 48.0 Å². The predicted molar refractivity (Wildman–Crippen MR) is 76.9 cm³/mol. The topological polar surface area (TPSA) is 32.5 Å². The lowest BCUT2D eigenvalue weighted by Crippen LogP contribution is -2.46. The standard InChI is InChI=1S/C15H25N3/c1-13-3-5-14(6-4-13)15(11-16)12-18-9-7-17(2)8-10-18/h3-6,15H,7-12,16H2,1-2H3. The van der Waals surface area contributed by atoms with Gasteiger partial charge in [0.15, 0.2) is 0 Å². The number of piperazine rings is 1. The Morgan fingerprint density at radius 1 is 1.11 bits per heavy atom. The summed E-state index contributed by atoms with van der Waals surface area (Å²) in [6, 6.07) is 8.82. The van der Waals surface area contributed by atoms with E-state index in [1.165, 1.54) is 37.3 Å². The first-order chi connectivity index (χ1) is 8.69. The maximum atomic E-state index is 5.95. The van der Waals surface area contributed by atoms with Gasteiger partial charge < -0.3 is 15.5 Å². The van der Waals surface area contributed by atoms with Gasteiger partial charge in [-0.25, -0.2) is 0 Å². The number of nitrogens with two attached hydrogens (primary N) is 1. The van der Waals surface area contributed by atoms with Crippen LogP contribution in [0.5, 0.6) is 0 Å². The van der Waals surface area contributed by atoms with Crippen LogP contribution in [0.3, 0.4) is 0 Å². The average Bonchev–Trinajstić information content (AvgIpc) is 2.39. The molecule has 1 saturated heterocycles. The van der Waals surface area contributed by atoms with E-state index in [-0.39, 0.29) is 0 Å². The lowest BCUT2D eigenvalue weighted by atomic mass is 9.97. The molecular formula is C15H25N3. The molecule has 1 heterocycles. The summed E-state index contributed by atoms with van der Waals surface area (Å²) in [5, 5.41) is 0. The molecule has 1 aliphatic heterocycles. The first-order valence-corrected chi connectivity index (χ1v) is 6.86. The lowest BCUT2D eigenvalue weighted by molar-refractivity contribution is 0.147. The van der Waals surface area contributed by atoms with Gasteiger partial charge in [0.05, 0.1) is 0 Å². The van der Waals surface area contributed by atoms with E-state index < -0.39 is 0 Å². The van der Waals surface area contributed by atoms with Crippen molar-refractivity contribution in [1.29, 1.82) is 0 Å². The highest BCUT2D eigenvalue weighted by atomic mass is 15.2. The molecule has 0 aromatic heterocycles. The Hall–Kier alpha value is -0.900. The molecule has 2 rings (SSSR count). The highest BCUT2D eigenvalue weighted by Crippen LogP contribution is 2.17. The number of benzene rings is 1. The molecule has 1 aliphatic rings. The van der Waals surface area contributed by atoms with Gasteiger partial charge in [0, 0.05) is 45.2 Å². The van der Waals surface area contributed by atoms with Crippen LogP contribution in [-0.2, 0) is 0 Å². The van der Waals surface area contributed by atoms with Crippen LogP contribution < -0.4 is 5.73 Å². The van der Waals surface area contributed by atoms with Gasteiger partial charge in [-0.2, -0.15) is 0 Å². The van der Waals surface area contributed by atoms with Gasteiger partial charge in [-0.3, -0.25) is 0 Å². The Kier molecular flexibility index (Phi) is 4.75. The summed E-state index contributed by atoms with van der Waals surface area (Å²) in [4.78, 5) is 4.93. The van der Waals surface area contributed by atoms with Crippen molar-refractivity contribution in [3.63, 3.8) is 0 Å². The van der Waals surface area contributed by atoms with E-state index in [1.54, 1.807) is 0 Å². The van der Waals surface area contributed by atoms with Crippen molar-refractivity contribution in [3.8, 4) is 0 Å². The molecule has 1 fully saturated rings. The molecule has 1 atom stereocenters. The van der Waals surface area contributed by atoms with Crippen molar-refractivity contribution in [1.82, 2.24) is 9.80 Å². The van der Waals surface area contributed by atoms with Gasteiger partial charge in [0.1, 0.15) is 0 Å². The SMILES string of the molecule is Cc1ccc(C(CN)CN2CCN(C)CC2)cc1. The molecule has 0 amide bonds. The smallest absolute Gasteiger partial charge is 0.0110 e. The minimum Gasteiger partial charge on any atom is -0.330 e. The van der Waals surface area contributed by atoms with Crippen LogP contribution in [-0.4, -0.2) is 56.1 Å².